The van der Waals surface area contributed by atoms with Crippen LogP contribution in [-0.2, 0) is 0 Å². The molecule has 0 saturated heterocycles. The van der Waals surface area contributed by atoms with Crippen molar-refractivity contribution in [3.05, 3.63) is 11.9 Å². The lowest BCUT2D eigenvalue weighted by Gasteiger charge is -2.32. The molecule has 0 unspecified atom stereocenters. The molecule has 0 aromatic carbocycles. The van der Waals surface area contributed by atoms with Gasteiger partial charge in [-0.25, -0.2) is 9.97 Å². The van der Waals surface area contributed by atoms with Crippen LogP contribution in [0.2, 0.25) is 0 Å². The number of aromatic nitrogens is 2. The van der Waals surface area contributed by atoms with Crippen LogP contribution in [0.25, 0.3) is 0 Å². The van der Waals surface area contributed by atoms with E-state index in [9.17, 15) is 0 Å². The molecule has 1 aromatic rings. The molecule has 1 aromatic heterocycles. The van der Waals surface area contributed by atoms with Gasteiger partial charge in [0, 0.05) is 24.1 Å². The smallest absolute Gasteiger partial charge is 0.136 e. The Kier molecular flexibility index (Phi) is 5.43. The van der Waals surface area contributed by atoms with E-state index in [-0.39, 0.29) is 5.54 Å². The number of hydrogen-bond donors (Lipinski definition) is 2. The lowest BCUT2D eigenvalue weighted by molar-refractivity contribution is 0.418. The van der Waals surface area contributed by atoms with E-state index >= 15 is 0 Å². The SMILES string of the molecule is CCCNc1cc(NC(CC)(CC)CC)nc(C2CC2)n1. The van der Waals surface area contributed by atoms with E-state index in [2.05, 4.69) is 49.4 Å². The number of anilines is 2. The predicted octanol–water partition coefficient (Wildman–Crippen LogP) is 4.56. The normalized spacial score (nSPS) is 15.0. The van der Waals surface area contributed by atoms with Gasteiger partial charge in [-0.3, -0.25) is 0 Å². The first-order valence-corrected chi connectivity index (χ1v) is 8.57. The molecule has 1 saturated carbocycles. The summed E-state index contributed by atoms with van der Waals surface area (Å²) < 4.78 is 0. The second kappa shape index (κ2) is 7.10. The van der Waals surface area contributed by atoms with Crippen molar-refractivity contribution in [1.29, 1.82) is 0 Å². The summed E-state index contributed by atoms with van der Waals surface area (Å²) in [6, 6.07) is 2.07. The van der Waals surface area contributed by atoms with E-state index in [0.29, 0.717) is 5.92 Å². The molecule has 1 aliphatic carbocycles. The lowest BCUT2D eigenvalue weighted by Crippen LogP contribution is -2.36. The highest BCUT2D eigenvalue weighted by molar-refractivity contribution is 5.49. The highest BCUT2D eigenvalue weighted by Crippen LogP contribution is 2.39. The van der Waals surface area contributed by atoms with Crippen LogP contribution in [-0.4, -0.2) is 22.1 Å². The van der Waals surface area contributed by atoms with Gasteiger partial charge >= 0.3 is 0 Å². The van der Waals surface area contributed by atoms with Crippen LogP contribution in [0.5, 0.6) is 0 Å². The van der Waals surface area contributed by atoms with E-state index in [1.807, 2.05) is 0 Å². The summed E-state index contributed by atoms with van der Waals surface area (Å²) in [6.45, 7) is 9.88. The monoisotopic (exact) mass is 290 g/mol. The van der Waals surface area contributed by atoms with Crippen LogP contribution >= 0.6 is 0 Å². The minimum Gasteiger partial charge on any atom is -0.370 e. The Labute approximate surface area is 129 Å². The molecule has 0 bridgehead atoms. The van der Waals surface area contributed by atoms with Crippen LogP contribution < -0.4 is 10.6 Å². The number of nitrogens with one attached hydrogen (secondary N) is 2. The van der Waals surface area contributed by atoms with Crippen molar-refractivity contribution in [2.24, 2.45) is 0 Å². The number of nitrogens with zero attached hydrogens (tertiary/aromatic N) is 2. The third-order valence-corrected chi connectivity index (χ3v) is 4.67. The zero-order valence-electron chi connectivity index (χ0n) is 14.0. The fourth-order valence-corrected chi connectivity index (χ4v) is 2.68. The minimum absolute atomic E-state index is 0.150. The van der Waals surface area contributed by atoms with Gasteiger partial charge in [0.25, 0.3) is 0 Å². The van der Waals surface area contributed by atoms with Gasteiger partial charge in [-0.1, -0.05) is 27.7 Å². The summed E-state index contributed by atoms with van der Waals surface area (Å²) in [5.41, 5.74) is 0.150. The Morgan fingerprint density at radius 2 is 1.67 bits per heavy atom. The second-order valence-electron chi connectivity index (χ2n) is 6.16. The minimum atomic E-state index is 0.150. The molecule has 0 aliphatic heterocycles. The predicted molar refractivity (Wildman–Crippen MR) is 90.0 cm³/mol. The molecule has 1 aliphatic rings. The third kappa shape index (κ3) is 4.08. The highest BCUT2D eigenvalue weighted by Gasteiger charge is 2.29. The first-order valence-electron chi connectivity index (χ1n) is 8.57. The number of hydrogen-bond acceptors (Lipinski definition) is 4. The molecule has 2 rings (SSSR count). The second-order valence-corrected chi connectivity index (χ2v) is 6.16. The van der Waals surface area contributed by atoms with Crippen molar-refractivity contribution >= 4 is 11.6 Å². The van der Waals surface area contributed by atoms with Crippen molar-refractivity contribution in [1.82, 2.24) is 9.97 Å². The van der Waals surface area contributed by atoms with Gasteiger partial charge in [-0.2, -0.15) is 0 Å². The molecule has 0 radical (unpaired) electrons. The Bertz CT molecular complexity index is 442. The molecule has 21 heavy (non-hydrogen) atoms. The zero-order chi connectivity index (χ0) is 15.3. The quantitative estimate of drug-likeness (QED) is 0.700. The van der Waals surface area contributed by atoms with Crippen LogP contribution in [0.1, 0.15) is 78.0 Å². The lowest BCUT2D eigenvalue weighted by atomic mass is 9.90. The van der Waals surface area contributed by atoms with E-state index in [1.165, 1.54) is 12.8 Å². The Balaban J connectivity index is 2.22. The van der Waals surface area contributed by atoms with Gasteiger partial charge in [-0.05, 0) is 38.5 Å². The molecular formula is C17H30N4. The van der Waals surface area contributed by atoms with Crippen molar-refractivity contribution in [2.45, 2.75) is 77.7 Å². The summed E-state index contributed by atoms with van der Waals surface area (Å²) in [4.78, 5) is 9.45. The average Bonchev–Trinajstić information content (AvgIpc) is 3.35. The zero-order valence-corrected chi connectivity index (χ0v) is 14.0. The van der Waals surface area contributed by atoms with Crippen molar-refractivity contribution < 1.29 is 0 Å². The third-order valence-electron chi connectivity index (χ3n) is 4.67. The molecule has 4 heteroatoms. The summed E-state index contributed by atoms with van der Waals surface area (Å²) >= 11 is 0. The van der Waals surface area contributed by atoms with Crippen LogP contribution in [0.4, 0.5) is 11.6 Å². The van der Waals surface area contributed by atoms with Crippen molar-refractivity contribution in [2.75, 3.05) is 17.2 Å². The van der Waals surface area contributed by atoms with Crippen LogP contribution in [0.15, 0.2) is 6.07 Å². The largest absolute Gasteiger partial charge is 0.370 e. The van der Waals surface area contributed by atoms with Crippen LogP contribution in [0.3, 0.4) is 0 Å². The maximum atomic E-state index is 4.77. The topological polar surface area (TPSA) is 49.8 Å². The molecule has 0 spiro atoms. The van der Waals surface area contributed by atoms with Gasteiger partial charge in [0.05, 0.1) is 0 Å². The van der Waals surface area contributed by atoms with Gasteiger partial charge in [0.15, 0.2) is 0 Å². The van der Waals surface area contributed by atoms with Crippen molar-refractivity contribution in [3.63, 3.8) is 0 Å². The van der Waals surface area contributed by atoms with E-state index in [0.717, 1.165) is 49.7 Å². The first-order chi connectivity index (χ1) is 10.2. The standard InChI is InChI=1S/C17H30N4/c1-5-11-18-14-12-15(20-16(19-14)13-9-10-13)21-17(6-2,7-3)8-4/h12-13H,5-11H2,1-4H3,(H2,18,19,20,21). The highest BCUT2D eigenvalue weighted by atomic mass is 15.1. The van der Waals surface area contributed by atoms with Crippen LogP contribution in [0, 0.1) is 0 Å². The maximum absolute atomic E-state index is 4.77. The summed E-state index contributed by atoms with van der Waals surface area (Å²) in [5, 5.41) is 7.10. The molecule has 0 atom stereocenters. The van der Waals surface area contributed by atoms with Gasteiger partial charge in [0.2, 0.25) is 0 Å². The molecule has 0 amide bonds. The molecular weight excluding hydrogens is 260 g/mol. The van der Waals surface area contributed by atoms with Gasteiger partial charge in [0.1, 0.15) is 17.5 Å². The Hall–Kier alpha value is -1.32. The summed E-state index contributed by atoms with van der Waals surface area (Å²) in [7, 11) is 0. The summed E-state index contributed by atoms with van der Waals surface area (Å²) in [5.74, 6) is 3.54. The average molecular weight is 290 g/mol. The molecule has 4 nitrogen and oxygen atoms in total. The molecule has 1 fully saturated rings. The van der Waals surface area contributed by atoms with Gasteiger partial charge < -0.3 is 10.6 Å². The van der Waals surface area contributed by atoms with E-state index in [4.69, 9.17) is 4.98 Å². The molecule has 2 N–H and O–H groups in total. The molecule has 118 valence electrons. The Morgan fingerprint density at radius 3 is 2.19 bits per heavy atom. The fraction of sp³-hybridized carbons (Fsp3) is 0.765. The van der Waals surface area contributed by atoms with E-state index in [1.54, 1.807) is 0 Å². The van der Waals surface area contributed by atoms with E-state index < -0.39 is 0 Å². The summed E-state index contributed by atoms with van der Waals surface area (Å²) in [6.07, 6.45) is 6.91. The Morgan fingerprint density at radius 1 is 1.05 bits per heavy atom. The maximum Gasteiger partial charge on any atom is 0.136 e. The van der Waals surface area contributed by atoms with Crippen molar-refractivity contribution in [3.8, 4) is 0 Å². The first kappa shape index (κ1) is 16.1. The number of rotatable bonds is 9. The fourth-order valence-electron chi connectivity index (χ4n) is 2.68. The van der Waals surface area contributed by atoms with Gasteiger partial charge in [-0.15, -0.1) is 0 Å². The molecule has 1 heterocycles.